The molecule has 156 valence electrons. The van der Waals surface area contributed by atoms with Crippen molar-refractivity contribution < 1.29 is 0 Å². The predicted molar refractivity (Wildman–Crippen MR) is 142 cm³/mol. The van der Waals surface area contributed by atoms with Gasteiger partial charge in [0, 0.05) is 31.9 Å². The number of benzene rings is 3. The highest BCUT2D eigenvalue weighted by Gasteiger charge is 2.21. The summed E-state index contributed by atoms with van der Waals surface area (Å²) in [5.41, 5.74) is 3.75. The number of hydrogen-bond acceptors (Lipinski definition) is 2. The molecule has 0 unspecified atom stereocenters. The zero-order valence-electron chi connectivity index (χ0n) is 19.2. The molecule has 5 aromatic rings. The fraction of sp³-hybridized carbons (Fsp3) is 0.250. The molecule has 0 spiro atoms. The smallest absolute Gasteiger partial charge is 0.0795 e. The molecule has 0 atom stereocenters. The Bertz CT molecular complexity index is 1450. The summed E-state index contributed by atoms with van der Waals surface area (Å²) in [4.78, 5) is 4.92. The van der Waals surface area contributed by atoms with Gasteiger partial charge in [0.25, 0.3) is 0 Å². The molecule has 2 aromatic heterocycles. The van der Waals surface area contributed by atoms with Gasteiger partial charge in [0.15, 0.2) is 0 Å². The number of fused-ring (bicyclic) bond motifs is 4. The van der Waals surface area contributed by atoms with Gasteiger partial charge in [-0.2, -0.15) is 0 Å². The number of hydrogen-bond donors (Lipinski definition) is 0. The minimum atomic E-state index is -1.34. The zero-order valence-corrected chi connectivity index (χ0v) is 21.0. The number of nitrogens with zero attached hydrogens (tertiary/aromatic N) is 1. The zero-order chi connectivity index (χ0) is 22.0. The van der Waals surface area contributed by atoms with Crippen LogP contribution in [-0.2, 0) is 5.41 Å². The molecule has 0 amide bonds. The van der Waals surface area contributed by atoms with Crippen LogP contribution in [0.25, 0.3) is 42.2 Å². The molecule has 0 fully saturated rings. The van der Waals surface area contributed by atoms with Gasteiger partial charge in [-0.05, 0) is 46.0 Å². The lowest BCUT2D eigenvalue weighted by Crippen LogP contribution is -2.37. The van der Waals surface area contributed by atoms with Crippen molar-refractivity contribution in [3.63, 3.8) is 0 Å². The van der Waals surface area contributed by atoms with Crippen LogP contribution in [0, 0.1) is 0 Å². The Balaban J connectivity index is 1.82. The average Bonchev–Trinajstić information content (AvgIpc) is 3.09. The number of pyridine rings is 1. The van der Waals surface area contributed by atoms with Gasteiger partial charge in [0.2, 0.25) is 0 Å². The van der Waals surface area contributed by atoms with Crippen LogP contribution in [0.1, 0.15) is 26.3 Å². The van der Waals surface area contributed by atoms with Crippen molar-refractivity contribution in [1.29, 1.82) is 0 Å². The maximum atomic E-state index is 4.92. The van der Waals surface area contributed by atoms with Crippen molar-refractivity contribution in [3.8, 4) is 11.3 Å². The molecule has 0 saturated carbocycles. The number of aromatic nitrogens is 1. The fourth-order valence-electron chi connectivity index (χ4n) is 4.47. The average molecular weight is 440 g/mol. The number of thiophene rings is 1. The van der Waals surface area contributed by atoms with Gasteiger partial charge in [-0.3, -0.25) is 4.98 Å². The SMILES string of the molecule is CC(C)(C)c1cc(-c2nccc3sc4cc([Si](C)(C)C)ccc4c23)cc2ccccc12. The first kappa shape index (κ1) is 20.4. The first-order chi connectivity index (χ1) is 14.6. The maximum Gasteiger partial charge on any atom is 0.0795 e. The van der Waals surface area contributed by atoms with Crippen molar-refractivity contribution >= 4 is 55.5 Å². The van der Waals surface area contributed by atoms with E-state index in [2.05, 4.69) is 101 Å². The van der Waals surface area contributed by atoms with Crippen molar-refractivity contribution in [2.45, 2.75) is 45.8 Å². The monoisotopic (exact) mass is 439 g/mol. The molecule has 0 radical (unpaired) electrons. The first-order valence-corrected chi connectivity index (χ1v) is 15.3. The fourth-order valence-corrected chi connectivity index (χ4v) is 6.88. The molecule has 0 aliphatic carbocycles. The van der Waals surface area contributed by atoms with Gasteiger partial charge in [-0.15, -0.1) is 11.3 Å². The Morgan fingerprint density at radius 3 is 2.32 bits per heavy atom. The Labute approximate surface area is 189 Å². The van der Waals surface area contributed by atoms with Crippen LogP contribution < -0.4 is 5.19 Å². The summed E-state index contributed by atoms with van der Waals surface area (Å²) in [5.74, 6) is 0. The highest BCUT2D eigenvalue weighted by Crippen LogP contribution is 2.41. The van der Waals surface area contributed by atoms with Crippen molar-refractivity contribution in [1.82, 2.24) is 4.98 Å². The molecule has 5 rings (SSSR count). The van der Waals surface area contributed by atoms with Crippen molar-refractivity contribution in [3.05, 3.63) is 72.4 Å². The molecular formula is C28H29NSSi. The van der Waals surface area contributed by atoms with Gasteiger partial charge in [-0.25, -0.2) is 0 Å². The number of rotatable bonds is 2. The quantitative estimate of drug-likeness (QED) is 0.253. The topological polar surface area (TPSA) is 12.9 Å². The molecule has 0 bridgehead atoms. The van der Waals surface area contributed by atoms with Gasteiger partial charge in [-0.1, -0.05) is 82.0 Å². The van der Waals surface area contributed by atoms with E-state index in [1.807, 2.05) is 17.5 Å². The van der Waals surface area contributed by atoms with E-state index >= 15 is 0 Å². The van der Waals surface area contributed by atoms with Crippen molar-refractivity contribution in [2.75, 3.05) is 0 Å². The molecule has 1 nitrogen and oxygen atoms in total. The van der Waals surface area contributed by atoms with Crippen LogP contribution in [-0.4, -0.2) is 13.1 Å². The summed E-state index contributed by atoms with van der Waals surface area (Å²) in [5, 5.41) is 6.75. The second kappa shape index (κ2) is 7.01. The minimum Gasteiger partial charge on any atom is -0.256 e. The molecule has 0 N–H and O–H groups in total. The van der Waals surface area contributed by atoms with E-state index in [0.717, 1.165) is 5.69 Å². The van der Waals surface area contributed by atoms with E-state index in [4.69, 9.17) is 4.98 Å². The summed E-state index contributed by atoms with van der Waals surface area (Å²) >= 11 is 1.90. The summed E-state index contributed by atoms with van der Waals surface area (Å²) < 4.78 is 2.69. The van der Waals surface area contributed by atoms with Crippen molar-refractivity contribution in [2.24, 2.45) is 0 Å². The van der Waals surface area contributed by atoms with E-state index in [1.165, 1.54) is 47.3 Å². The van der Waals surface area contributed by atoms with Gasteiger partial charge >= 0.3 is 0 Å². The maximum absolute atomic E-state index is 4.92. The van der Waals surface area contributed by atoms with Crippen LogP contribution in [0.15, 0.2) is 66.9 Å². The lowest BCUT2D eigenvalue weighted by atomic mass is 9.82. The predicted octanol–water partition coefficient (Wildman–Crippen LogP) is 8.11. The Morgan fingerprint density at radius 1 is 0.806 bits per heavy atom. The third-order valence-electron chi connectivity index (χ3n) is 6.19. The largest absolute Gasteiger partial charge is 0.256 e. The second-order valence-corrected chi connectivity index (χ2v) is 16.8. The summed E-state index contributed by atoms with van der Waals surface area (Å²) in [6.45, 7) is 14.1. The Kier molecular flexibility index (Phi) is 4.62. The van der Waals surface area contributed by atoms with E-state index in [9.17, 15) is 0 Å². The minimum absolute atomic E-state index is 0.0620. The molecule has 31 heavy (non-hydrogen) atoms. The molecule has 0 aliphatic rings. The van der Waals surface area contributed by atoms with E-state index < -0.39 is 8.07 Å². The molecule has 0 aliphatic heterocycles. The van der Waals surface area contributed by atoms with Gasteiger partial charge < -0.3 is 0 Å². The first-order valence-electron chi connectivity index (χ1n) is 11.0. The van der Waals surface area contributed by atoms with E-state index in [1.54, 1.807) is 0 Å². The Hall–Kier alpha value is -2.49. The molecule has 2 heterocycles. The molecule has 3 heteroatoms. The van der Waals surface area contributed by atoms with Crippen LogP contribution in [0.5, 0.6) is 0 Å². The van der Waals surface area contributed by atoms with Gasteiger partial charge in [0.1, 0.15) is 0 Å². The van der Waals surface area contributed by atoms with Crippen LogP contribution in [0.4, 0.5) is 0 Å². The van der Waals surface area contributed by atoms with Crippen LogP contribution in [0.3, 0.4) is 0 Å². The molecular weight excluding hydrogens is 410 g/mol. The van der Waals surface area contributed by atoms with Crippen LogP contribution >= 0.6 is 11.3 Å². The third-order valence-corrected chi connectivity index (χ3v) is 9.35. The summed E-state index contributed by atoms with van der Waals surface area (Å²) in [7, 11) is -1.34. The van der Waals surface area contributed by atoms with Crippen LogP contribution in [0.2, 0.25) is 19.6 Å². The van der Waals surface area contributed by atoms with E-state index in [-0.39, 0.29) is 5.41 Å². The standard InChI is InChI=1S/C28H29NSSi/c1-28(2,3)23-16-19(15-18-9-7-8-10-21(18)23)27-26-22-12-11-20(31(4,5)6)17-25(22)30-24(26)13-14-29-27/h7-17H,1-6H3. The Morgan fingerprint density at radius 2 is 1.58 bits per heavy atom. The normalized spacial score (nSPS) is 12.8. The lowest BCUT2D eigenvalue weighted by Gasteiger charge is -2.23. The molecule has 3 aromatic carbocycles. The van der Waals surface area contributed by atoms with Gasteiger partial charge in [0.05, 0.1) is 13.8 Å². The third kappa shape index (κ3) is 3.50. The lowest BCUT2D eigenvalue weighted by molar-refractivity contribution is 0.596. The molecule has 0 saturated heterocycles. The summed E-state index contributed by atoms with van der Waals surface area (Å²) in [6, 6.07) is 22.7. The highest BCUT2D eigenvalue weighted by atomic mass is 32.1. The highest BCUT2D eigenvalue weighted by molar-refractivity contribution is 7.26. The second-order valence-electron chi connectivity index (χ2n) is 10.6. The van der Waals surface area contributed by atoms with E-state index in [0.29, 0.717) is 0 Å². The summed E-state index contributed by atoms with van der Waals surface area (Å²) in [6.07, 6.45) is 1.97.